The van der Waals surface area contributed by atoms with Crippen LogP contribution in [-0.4, -0.2) is 75.1 Å². The second-order valence-corrected chi connectivity index (χ2v) is 7.67. The number of rotatable bonds is 9. The molecule has 174 valence electrons. The number of hydrogen-bond donors (Lipinski definition) is 1. The molecule has 0 spiro atoms. The fraction of sp³-hybridized carbons (Fsp3) is 0.308. The molecule has 7 heteroatoms. The molecule has 33 heavy (non-hydrogen) atoms. The molecule has 0 aliphatic carbocycles. The number of ether oxygens (including phenoxy) is 2. The molecule has 1 aliphatic heterocycles. The van der Waals surface area contributed by atoms with E-state index < -0.39 is 0 Å². The van der Waals surface area contributed by atoms with E-state index in [4.69, 9.17) is 9.47 Å². The van der Waals surface area contributed by atoms with Gasteiger partial charge in [0.2, 0.25) is 11.8 Å². The minimum Gasteiger partial charge on any atom is -0.497 e. The molecule has 2 aromatic carbocycles. The molecule has 0 aromatic heterocycles. The number of benzene rings is 2. The first-order chi connectivity index (χ1) is 16.1. The number of nitrogens with one attached hydrogen (secondary N) is 1. The van der Waals surface area contributed by atoms with Crippen LogP contribution in [0.4, 0.5) is 0 Å². The minimum atomic E-state index is -0.122. The summed E-state index contributed by atoms with van der Waals surface area (Å²) < 4.78 is 10.3. The van der Waals surface area contributed by atoms with E-state index in [2.05, 4.69) is 10.2 Å². The van der Waals surface area contributed by atoms with Crippen LogP contribution in [-0.2, 0) is 9.59 Å². The average Bonchev–Trinajstić information content (AvgIpc) is 2.87. The third-order valence-corrected chi connectivity index (χ3v) is 5.49. The Labute approximate surface area is 195 Å². The summed E-state index contributed by atoms with van der Waals surface area (Å²) in [5, 5.41) is 2.91. The van der Waals surface area contributed by atoms with Crippen molar-refractivity contribution in [2.45, 2.75) is 0 Å². The molecule has 7 nitrogen and oxygen atoms in total. The Balaban J connectivity index is 1.34. The highest BCUT2D eigenvalue weighted by atomic mass is 16.5. The van der Waals surface area contributed by atoms with Gasteiger partial charge in [-0.05, 0) is 47.5 Å². The summed E-state index contributed by atoms with van der Waals surface area (Å²) in [5.74, 6) is 1.47. The first-order valence-electron chi connectivity index (χ1n) is 11.0. The van der Waals surface area contributed by atoms with Gasteiger partial charge in [-0.1, -0.05) is 24.3 Å². The van der Waals surface area contributed by atoms with Gasteiger partial charge in [0, 0.05) is 51.4 Å². The van der Waals surface area contributed by atoms with Gasteiger partial charge < -0.3 is 19.7 Å². The van der Waals surface area contributed by atoms with Crippen LogP contribution in [0.25, 0.3) is 12.2 Å². The number of carbonyl (C=O) groups is 2. The zero-order chi connectivity index (χ0) is 23.5. The van der Waals surface area contributed by atoms with E-state index in [-0.39, 0.29) is 11.8 Å². The standard InChI is InChI=1S/C26H31N3O4/c1-32-23-9-3-21(4-10-23)7-13-25(30)27-15-16-28-17-19-29(20-18-28)26(31)14-8-22-5-11-24(33-2)12-6-22/h3-14H,15-20H2,1-2H3,(H,27,30)/b13-7-,14-8-. The quantitative estimate of drug-likeness (QED) is 0.596. The van der Waals surface area contributed by atoms with Gasteiger partial charge in [0.1, 0.15) is 11.5 Å². The van der Waals surface area contributed by atoms with Crippen LogP contribution in [0.3, 0.4) is 0 Å². The van der Waals surface area contributed by atoms with Gasteiger partial charge in [0.15, 0.2) is 0 Å². The Kier molecular flexibility index (Phi) is 9.08. The van der Waals surface area contributed by atoms with E-state index in [0.29, 0.717) is 19.6 Å². The highest BCUT2D eigenvalue weighted by Crippen LogP contribution is 2.13. The number of hydrogen-bond acceptors (Lipinski definition) is 5. The normalized spacial score (nSPS) is 14.5. The molecular formula is C26H31N3O4. The van der Waals surface area contributed by atoms with Crippen molar-refractivity contribution in [2.24, 2.45) is 0 Å². The van der Waals surface area contributed by atoms with Crippen molar-refractivity contribution < 1.29 is 19.1 Å². The van der Waals surface area contributed by atoms with Gasteiger partial charge in [-0.3, -0.25) is 14.5 Å². The zero-order valence-electron chi connectivity index (χ0n) is 19.2. The van der Waals surface area contributed by atoms with Gasteiger partial charge in [-0.2, -0.15) is 0 Å². The lowest BCUT2D eigenvalue weighted by Gasteiger charge is -2.34. The monoisotopic (exact) mass is 449 g/mol. The summed E-state index contributed by atoms with van der Waals surface area (Å²) in [7, 11) is 3.25. The van der Waals surface area contributed by atoms with Crippen molar-refractivity contribution in [1.29, 1.82) is 0 Å². The second kappa shape index (κ2) is 12.5. The van der Waals surface area contributed by atoms with E-state index in [9.17, 15) is 9.59 Å². The molecule has 1 saturated heterocycles. The fourth-order valence-electron chi connectivity index (χ4n) is 3.46. The molecule has 2 aromatic rings. The molecule has 3 rings (SSSR count). The molecule has 2 amide bonds. The molecule has 0 atom stereocenters. The first-order valence-corrected chi connectivity index (χ1v) is 11.0. The Bertz CT molecular complexity index is 957. The molecule has 0 bridgehead atoms. The number of amides is 2. The Morgan fingerprint density at radius 2 is 1.33 bits per heavy atom. The van der Waals surface area contributed by atoms with Crippen LogP contribution in [0.5, 0.6) is 11.5 Å². The number of carbonyl (C=O) groups excluding carboxylic acids is 2. The van der Waals surface area contributed by atoms with E-state index in [0.717, 1.165) is 42.3 Å². The smallest absolute Gasteiger partial charge is 0.246 e. The Morgan fingerprint density at radius 3 is 1.85 bits per heavy atom. The van der Waals surface area contributed by atoms with Crippen LogP contribution in [0.2, 0.25) is 0 Å². The predicted octanol–water partition coefficient (Wildman–Crippen LogP) is 2.69. The molecule has 1 fully saturated rings. The first kappa shape index (κ1) is 24.1. The summed E-state index contributed by atoms with van der Waals surface area (Å²) in [4.78, 5) is 28.6. The van der Waals surface area contributed by atoms with Gasteiger partial charge in [0.25, 0.3) is 0 Å². The van der Waals surface area contributed by atoms with Crippen LogP contribution in [0.15, 0.2) is 60.7 Å². The van der Waals surface area contributed by atoms with Gasteiger partial charge in [0.05, 0.1) is 14.2 Å². The molecule has 0 radical (unpaired) electrons. The predicted molar refractivity (Wildman–Crippen MR) is 130 cm³/mol. The highest BCUT2D eigenvalue weighted by Gasteiger charge is 2.19. The Hall–Kier alpha value is -3.58. The largest absolute Gasteiger partial charge is 0.497 e. The SMILES string of the molecule is COc1ccc(/C=C\C(=O)NCCN2CCN(C(=O)/C=C\c3ccc(OC)cc3)CC2)cc1. The van der Waals surface area contributed by atoms with E-state index in [1.54, 1.807) is 26.4 Å². The molecular weight excluding hydrogens is 418 g/mol. The summed E-state index contributed by atoms with van der Waals surface area (Å²) in [6.07, 6.45) is 6.75. The summed E-state index contributed by atoms with van der Waals surface area (Å²) >= 11 is 0. The van der Waals surface area contributed by atoms with Crippen molar-refractivity contribution >= 4 is 24.0 Å². The third kappa shape index (κ3) is 7.80. The fourth-order valence-corrected chi connectivity index (χ4v) is 3.46. The molecule has 0 saturated carbocycles. The topological polar surface area (TPSA) is 71.1 Å². The maximum Gasteiger partial charge on any atom is 0.246 e. The van der Waals surface area contributed by atoms with Crippen LogP contribution >= 0.6 is 0 Å². The van der Waals surface area contributed by atoms with Gasteiger partial charge >= 0.3 is 0 Å². The summed E-state index contributed by atoms with van der Waals surface area (Å²) in [5.41, 5.74) is 1.90. The average molecular weight is 450 g/mol. The van der Waals surface area contributed by atoms with Gasteiger partial charge in [-0.25, -0.2) is 0 Å². The molecule has 1 N–H and O–H groups in total. The van der Waals surface area contributed by atoms with Crippen molar-refractivity contribution in [3.05, 3.63) is 71.8 Å². The number of nitrogens with zero attached hydrogens (tertiary/aromatic N) is 2. The maximum atomic E-state index is 12.5. The summed E-state index contributed by atoms with van der Waals surface area (Å²) in [6, 6.07) is 15.1. The molecule has 0 unspecified atom stereocenters. The number of piperazine rings is 1. The van der Waals surface area contributed by atoms with Crippen LogP contribution < -0.4 is 14.8 Å². The van der Waals surface area contributed by atoms with Crippen molar-refractivity contribution in [1.82, 2.24) is 15.1 Å². The minimum absolute atomic E-state index is 0.0161. The lowest BCUT2D eigenvalue weighted by Crippen LogP contribution is -2.49. The van der Waals surface area contributed by atoms with E-state index >= 15 is 0 Å². The molecule has 1 aliphatic rings. The van der Waals surface area contributed by atoms with Crippen molar-refractivity contribution in [3.8, 4) is 11.5 Å². The lowest BCUT2D eigenvalue weighted by molar-refractivity contribution is -0.127. The second-order valence-electron chi connectivity index (χ2n) is 7.67. The van der Waals surface area contributed by atoms with E-state index in [1.807, 2.05) is 59.5 Å². The lowest BCUT2D eigenvalue weighted by atomic mass is 10.2. The number of methoxy groups -OCH3 is 2. The zero-order valence-corrected chi connectivity index (χ0v) is 19.2. The molecule has 1 heterocycles. The maximum absolute atomic E-state index is 12.5. The Morgan fingerprint density at radius 1 is 0.818 bits per heavy atom. The highest BCUT2D eigenvalue weighted by molar-refractivity contribution is 5.92. The van der Waals surface area contributed by atoms with Crippen LogP contribution in [0, 0.1) is 0 Å². The van der Waals surface area contributed by atoms with Crippen molar-refractivity contribution in [3.63, 3.8) is 0 Å². The van der Waals surface area contributed by atoms with Gasteiger partial charge in [-0.15, -0.1) is 0 Å². The summed E-state index contributed by atoms with van der Waals surface area (Å²) in [6.45, 7) is 4.26. The third-order valence-electron chi connectivity index (χ3n) is 5.49. The van der Waals surface area contributed by atoms with E-state index in [1.165, 1.54) is 6.08 Å². The van der Waals surface area contributed by atoms with Crippen molar-refractivity contribution in [2.75, 3.05) is 53.5 Å². The van der Waals surface area contributed by atoms with Crippen LogP contribution in [0.1, 0.15) is 11.1 Å².